The van der Waals surface area contributed by atoms with Crippen molar-refractivity contribution in [2.24, 2.45) is 0 Å². The molecule has 8 N–H and O–H groups in total. The van der Waals surface area contributed by atoms with Crippen LogP contribution in [-0.4, -0.2) is 110 Å². The highest BCUT2D eigenvalue weighted by atomic mass is 32.5. The average molecular weight is 633 g/mol. The molecule has 0 radical (unpaired) electrons. The number of nitrogens with zero attached hydrogens (tertiary/aromatic N) is 8. The van der Waals surface area contributed by atoms with Crippen molar-refractivity contribution in [2.75, 3.05) is 24.7 Å². The molecule has 4 aromatic heterocycles. The molecule has 0 spiro atoms. The average Bonchev–Trinajstić information content (AvgIpc) is 3.69. The summed E-state index contributed by atoms with van der Waals surface area (Å²) in [5.41, 5.74) is 10.6. The quantitative estimate of drug-likeness (QED) is 0.114. The number of nitrogen functional groups attached to an aromatic ring is 2. The van der Waals surface area contributed by atoms with Crippen LogP contribution in [0.5, 0.6) is 0 Å². The molecule has 42 heavy (non-hydrogen) atoms. The Morgan fingerprint density at radius 2 is 1.88 bits per heavy atom. The van der Waals surface area contributed by atoms with Crippen LogP contribution in [0.15, 0.2) is 17.4 Å². The van der Waals surface area contributed by atoms with Crippen LogP contribution < -0.4 is 17.0 Å². The van der Waals surface area contributed by atoms with Gasteiger partial charge in [0.05, 0.1) is 19.5 Å². The van der Waals surface area contributed by atoms with E-state index in [1.165, 1.54) is 0 Å². The van der Waals surface area contributed by atoms with E-state index in [2.05, 4.69) is 35.2 Å². The van der Waals surface area contributed by atoms with Crippen LogP contribution in [0.3, 0.4) is 0 Å². The molecule has 9 atom stereocenters. The molecule has 6 heterocycles. The van der Waals surface area contributed by atoms with E-state index < -0.39 is 74.7 Å². The predicted octanol–water partition coefficient (Wildman–Crippen LogP) is -2.04. The lowest BCUT2D eigenvalue weighted by atomic mass is 10.1. The summed E-state index contributed by atoms with van der Waals surface area (Å²) in [7, 11) is 0. The molecule has 4 aromatic rings. The van der Waals surface area contributed by atoms with Crippen molar-refractivity contribution < 1.29 is 42.4 Å². The first-order chi connectivity index (χ1) is 20.0. The Bertz CT molecular complexity index is 1740. The number of alkyl halides is 2. The second kappa shape index (κ2) is 10.7. The smallest absolute Gasteiger partial charge is 0.325 e. The molecule has 2 unspecified atom stereocenters. The highest BCUT2D eigenvalue weighted by Crippen LogP contribution is 2.51. The number of hydrogen-bond acceptors (Lipinski definition) is 16. The van der Waals surface area contributed by atoms with Gasteiger partial charge in [-0.1, -0.05) is 5.21 Å². The fourth-order valence-corrected chi connectivity index (χ4v) is 6.06. The normalized spacial score (nSPS) is 31.3. The number of anilines is 2. The number of aliphatic hydroxyl groups is 2. The molecule has 2 fully saturated rings. The SMILES string of the molecule is Nc1nc2c(ncn2[C@@H]2OC(CO)[C@H](F)[C@H]2OP(O)(=S)OC[C@H]2O[C@@H](n3nnc4c(N)ncnc43)[C@@H](F)[C@@H]2O)c(=O)[nH]1. The third-order valence-electron chi connectivity index (χ3n) is 6.65. The van der Waals surface area contributed by atoms with Gasteiger partial charge in [-0.3, -0.25) is 18.9 Å². The Morgan fingerprint density at radius 3 is 2.64 bits per heavy atom. The summed E-state index contributed by atoms with van der Waals surface area (Å²) in [4.78, 5) is 40.9. The fraction of sp³-hybridized carbons (Fsp3) is 0.526. The van der Waals surface area contributed by atoms with Crippen molar-refractivity contribution in [3.8, 4) is 0 Å². The number of fused-ring (bicyclic) bond motifs is 2. The molecular formula is C19H22F2N11O8PS. The van der Waals surface area contributed by atoms with Crippen LogP contribution in [0.4, 0.5) is 20.5 Å². The number of H-pyrrole nitrogens is 1. The van der Waals surface area contributed by atoms with Crippen molar-refractivity contribution in [1.29, 1.82) is 0 Å². The maximum Gasteiger partial charge on any atom is 0.325 e. The van der Waals surface area contributed by atoms with Crippen LogP contribution in [0, 0.1) is 0 Å². The topological polar surface area (TPSA) is 270 Å². The maximum atomic E-state index is 15.3. The van der Waals surface area contributed by atoms with Gasteiger partial charge in [-0.15, -0.1) is 5.10 Å². The Hall–Kier alpha value is -3.34. The molecule has 2 aliphatic rings. The number of aromatic nitrogens is 9. The fourth-order valence-electron chi connectivity index (χ4n) is 4.65. The molecule has 226 valence electrons. The lowest BCUT2D eigenvalue weighted by molar-refractivity contribution is -0.0576. The Kier molecular flexibility index (Phi) is 7.35. The van der Waals surface area contributed by atoms with E-state index in [1.54, 1.807) is 0 Å². The monoisotopic (exact) mass is 633 g/mol. The number of rotatable bonds is 8. The molecule has 19 nitrogen and oxygen atoms in total. The van der Waals surface area contributed by atoms with E-state index in [1.807, 2.05) is 0 Å². The van der Waals surface area contributed by atoms with Gasteiger partial charge in [0.1, 0.15) is 30.7 Å². The largest absolute Gasteiger partial charge is 0.394 e. The van der Waals surface area contributed by atoms with Gasteiger partial charge in [0.25, 0.3) is 5.56 Å². The summed E-state index contributed by atoms with van der Waals surface area (Å²) < 4.78 is 54.3. The van der Waals surface area contributed by atoms with E-state index >= 15 is 8.78 Å². The Morgan fingerprint density at radius 1 is 1.12 bits per heavy atom. The van der Waals surface area contributed by atoms with E-state index in [0.717, 1.165) is 21.9 Å². The van der Waals surface area contributed by atoms with Crippen molar-refractivity contribution in [2.45, 2.75) is 49.2 Å². The van der Waals surface area contributed by atoms with Gasteiger partial charge in [0, 0.05) is 0 Å². The van der Waals surface area contributed by atoms with Crippen LogP contribution in [-0.2, 0) is 30.3 Å². The van der Waals surface area contributed by atoms with Gasteiger partial charge in [-0.2, -0.15) is 9.67 Å². The highest BCUT2D eigenvalue weighted by molar-refractivity contribution is 8.07. The maximum absolute atomic E-state index is 15.3. The number of aromatic amines is 1. The molecule has 0 bridgehead atoms. The lowest BCUT2D eigenvalue weighted by Gasteiger charge is -2.26. The minimum atomic E-state index is -4.36. The zero-order chi connectivity index (χ0) is 29.9. The van der Waals surface area contributed by atoms with E-state index in [0.29, 0.717) is 0 Å². The van der Waals surface area contributed by atoms with E-state index in [-0.39, 0.29) is 34.1 Å². The number of nitrogens with two attached hydrogens (primary N) is 2. The van der Waals surface area contributed by atoms with Crippen LogP contribution in [0.25, 0.3) is 22.3 Å². The molecule has 2 aliphatic heterocycles. The Balaban J connectivity index is 1.19. The summed E-state index contributed by atoms with van der Waals surface area (Å²) in [6.45, 7) is -5.82. The molecule has 0 aliphatic carbocycles. The Labute approximate surface area is 236 Å². The van der Waals surface area contributed by atoms with Gasteiger partial charge >= 0.3 is 6.72 Å². The number of aliphatic hydroxyl groups excluding tert-OH is 2. The first-order valence-electron chi connectivity index (χ1n) is 12.1. The number of ether oxygens (including phenoxy) is 2. The third kappa shape index (κ3) is 4.89. The van der Waals surface area contributed by atoms with E-state index in [4.69, 9.17) is 41.8 Å². The predicted molar refractivity (Wildman–Crippen MR) is 138 cm³/mol. The number of imidazole rings is 1. The van der Waals surface area contributed by atoms with Gasteiger partial charge in [0.2, 0.25) is 5.95 Å². The van der Waals surface area contributed by atoms with Crippen molar-refractivity contribution in [3.05, 3.63) is 23.0 Å². The molecule has 0 aromatic carbocycles. The van der Waals surface area contributed by atoms with Crippen LogP contribution in [0.2, 0.25) is 0 Å². The number of halogens is 2. The number of hydrogen-bond donors (Lipinski definition) is 6. The number of nitrogens with one attached hydrogen (secondary N) is 1. The molecule has 0 amide bonds. The second-order valence-corrected chi connectivity index (χ2v) is 12.1. The zero-order valence-corrected chi connectivity index (χ0v) is 22.6. The van der Waals surface area contributed by atoms with Gasteiger partial charge < -0.3 is 40.6 Å². The summed E-state index contributed by atoms with van der Waals surface area (Å²) in [6, 6.07) is 0. The summed E-state index contributed by atoms with van der Waals surface area (Å²) in [6.07, 6.45) is -11.1. The van der Waals surface area contributed by atoms with Crippen molar-refractivity contribution in [1.82, 2.24) is 44.5 Å². The second-order valence-electron chi connectivity index (χ2n) is 9.27. The van der Waals surface area contributed by atoms with Crippen LogP contribution >= 0.6 is 6.72 Å². The zero-order valence-electron chi connectivity index (χ0n) is 20.9. The van der Waals surface area contributed by atoms with Gasteiger partial charge in [-0.05, 0) is 11.8 Å². The molecular weight excluding hydrogens is 611 g/mol. The summed E-state index contributed by atoms with van der Waals surface area (Å²) in [5.74, 6) is -0.262. The highest BCUT2D eigenvalue weighted by Gasteiger charge is 2.51. The van der Waals surface area contributed by atoms with Crippen molar-refractivity contribution >= 4 is 52.6 Å². The van der Waals surface area contributed by atoms with Gasteiger partial charge in [-0.25, -0.2) is 23.7 Å². The summed E-state index contributed by atoms with van der Waals surface area (Å²) in [5, 5.41) is 27.6. The lowest BCUT2D eigenvalue weighted by Crippen LogP contribution is -2.33. The summed E-state index contributed by atoms with van der Waals surface area (Å²) >= 11 is 5.05. The molecule has 2 saturated heterocycles. The first-order valence-corrected chi connectivity index (χ1v) is 14.7. The minimum Gasteiger partial charge on any atom is -0.394 e. The molecule has 0 saturated carbocycles. The molecule has 23 heteroatoms. The van der Waals surface area contributed by atoms with Crippen LogP contribution in [0.1, 0.15) is 12.5 Å². The van der Waals surface area contributed by atoms with Gasteiger partial charge in [0.15, 0.2) is 52.9 Å². The van der Waals surface area contributed by atoms with Crippen molar-refractivity contribution in [3.63, 3.8) is 0 Å². The van der Waals surface area contributed by atoms with E-state index in [9.17, 15) is 19.9 Å². The third-order valence-corrected chi connectivity index (χ3v) is 8.21. The first kappa shape index (κ1) is 28.8. The molecule has 6 rings (SSSR count). The standard InChI is InChI=1S/C19H22F2N11O8PS/c20-7-5(1-33)38-18(31-4-26-10-15(31)27-19(23)28-16(10)35)12(7)40-41(36,42)37-2-6-11(34)8(21)17(39-6)32-14-9(29-30-32)13(22)24-3-25-14/h3-8,11-12,17-18,33-34H,1-2H2,(H,36,42)(H2,22,24,25)(H3,23,27,28,35)/t5?,6-,7+,8+,11-,12-,17-,18-,41?/m1/s1. The minimum absolute atomic E-state index is 0.00301.